The van der Waals surface area contributed by atoms with Crippen LogP contribution in [0.25, 0.3) is 5.76 Å². The van der Waals surface area contributed by atoms with Gasteiger partial charge in [0.05, 0.1) is 11.6 Å². The van der Waals surface area contributed by atoms with E-state index in [9.17, 15) is 19.1 Å². The molecule has 2 aliphatic heterocycles. The Bertz CT molecular complexity index is 938. The van der Waals surface area contributed by atoms with Crippen molar-refractivity contribution >= 4 is 17.4 Å². The molecule has 0 spiro atoms. The minimum Gasteiger partial charge on any atom is -0.507 e. The Morgan fingerprint density at radius 3 is 2.34 bits per heavy atom. The van der Waals surface area contributed by atoms with E-state index < -0.39 is 23.5 Å². The monoisotopic (exact) mass is 395 g/mol. The molecule has 3 heterocycles. The van der Waals surface area contributed by atoms with Crippen LogP contribution < -0.4 is 0 Å². The minimum atomic E-state index is -0.727. The molecule has 1 N–H and O–H groups in total. The lowest BCUT2D eigenvalue weighted by Gasteiger charge is -2.27. The van der Waals surface area contributed by atoms with Crippen LogP contribution in [0.3, 0.4) is 0 Å². The Labute approximate surface area is 168 Å². The van der Waals surface area contributed by atoms with Gasteiger partial charge in [0.15, 0.2) is 0 Å². The lowest BCUT2D eigenvalue weighted by molar-refractivity contribution is -0.140. The molecule has 0 saturated carbocycles. The van der Waals surface area contributed by atoms with Crippen LogP contribution in [0.4, 0.5) is 4.39 Å². The van der Waals surface area contributed by atoms with Crippen LogP contribution in [0.5, 0.6) is 0 Å². The fourth-order valence-corrected chi connectivity index (χ4v) is 4.02. The number of halogens is 1. The number of rotatable bonds is 5. The van der Waals surface area contributed by atoms with Gasteiger partial charge in [0.25, 0.3) is 11.7 Å². The SMILES string of the molecule is O=C1C(=O)N(CCN2CCCC2)C(c2ccncc2)/C1=C(\O)c1ccc(F)cc1. The number of hydrogen-bond donors (Lipinski definition) is 1. The number of amides is 1. The molecule has 1 aromatic carbocycles. The molecule has 2 aromatic rings. The standard InChI is InChI=1S/C22H22FN3O3/c23-17-5-3-16(4-6-17)20(27)18-19(15-7-9-24-10-8-15)26(22(29)21(18)28)14-13-25-11-1-2-12-25/h3-10,19,27H,1-2,11-14H2/b20-18+. The predicted octanol–water partition coefficient (Wildman–Crippen LogP) is 2.74. The van der Waals surface area contributed by atoms with E-state index in [2.05, 4.69) is 9.88 Å². The average molecular weight is 395 g/mol. The first-order valence-corrected chi connectivity index (χ1v) is 9.73. The van der Waals surface area contributed by atoms with Crippen molar-refractivity contribution in [3.63, 3.8) is 0 Å². The molecule has 7 heteroatoms. The summed E-state index contributed by atoms with van der Waals surface area (Å²) in [4.78, 5) is 33.5. The third-order valence-electron chi connectivity index (χ3n) is 5.54. The number of ketones is 1. The van der Waals surface area contributed by atoms with E-state index in [1.807, 2.05) is 0 Å². The van der Waals surface area contributed by atoms with Crippen LogP contribution in [-0.2, 0) is 9.59 Å². The van der Waals surface area contributed by atoms with Crippen molar-refractivity contribution in [3.05, 3.63) is 71.3 Å². The number of nitrogens with zero attached hydrogens (tertiary/aromatic N) is 3. The van der Waals surface area contributed by atoms with Crippen LogP contribution >= 0.6 is 0 Å². The third kappa shape index (κ3) is 3.78. The highest BCUT2D eigenvalue weighted by atomic mass is 19.1. The lowest BCUT2D eigenvalue weighted by Crippen LogP contribution is -2.37. The van der Waals surface area contributed by atoms with Crippen LogP contribution in [0.2, 0.25) is 0 Å². The molecule has 1 atom stereocenters. The molecule has 0 bridgehead atoms. The van der Waals surface area contributed by atoms with Crippen molar-refractivity contribution in [3.8, 4) is 0 Å². The highest BCUT2D eigenvalue weighted by Crippen LogP contribution is 2.39. The van der Waals surface area contributed by atoms with Gasteiger partial charge < -0.3 is 14.9 Å². The van der Waals surface area contributed by atoms with Crippen molar-refractivity contribution < 1.29 is 19.1 Å². The molecule has 2 saturated heterocycles. The largest absolute Gasteiger partial charge is 0.507 e. The number of pyridine rings is 1. The van der Waals surface area contributed by atoms with E-state index in [-0.39, 0.29) is 11.3 Å². The first-order valence-electron chi connectivity index (χ1n) is 9.73. The first kappa shape index (κ1) is 19.3. The maximum Gasteiger partial charge on any atom is 0.295 e. The van der Waals surface area contributed by atoms with Gasteiger partial charge >= 0.3 is 0 Å². The minimum absolute atomic E-state index is 0.0224. The fourth-order valence-electron chi connectivity index (χ4n) is 4.02. The smallest absolute Gasteiger partial charge is 0.295 e. The summed E-state index contributed by atoms with van der Waals surface area (Å²) in [6.45, 7) is 3.03. The number of aliphatic hydroxyl groups excluding tert-OH is 1. The summed E-state index contributed by atoms with van der Waals surface area (Å²) in [6.07, 6.45) is 5.45. The number of aliphatic hydroxyl groups is 1. The molecule has 1 unspecified atom stereocenters. The Morgan fingerprint density at radius 2 is 1.69 bits per heavy atom. The summed E-state index contributed by atoms with van der Waals surface area (Å²) in [5, 5.41) is 10.9. The zero-order chi connectivity index (χ0) is 20.4. The van der Waals surface area contributed by atoms with Gasteiger partial charge in [0, 0.05) is 31.0 Å². The zero-order valence-corrected chi connectivity index (χ0v) is 15.9. The Hall–Kier alpha value is -3.06. The second-order valence-electron chi connectivity index (χ2n) is 7.33. The fraction of sp³-hybridized carbons (Fsp3) is 0.318. The normalized spacial score (nSPS) is 21.8. The quantitative estimate of drug-likeness (QED) is 0.479. The summed E-state index contributed by atoms with van der Waals surface area (Å²) in [5.74, 6) is -2.10. The van der Waals surface area contributed by atoms with Gasteiger partial charge in [-0.3, -0.25) is 14.6 Å². The van der Waals surface area contributed by atoms with Crippen LogP contribution in [-0.4, -0.2) is 57.8 Å². The molecule has 0 radical (unpaired) electrons. The van der Waals surface area contributed by atoms with E-state index in [1.165, 1.54) is 29.2 Å². The van der Waals surface area contributed by atoms with Gasteiger partial charge in [-0.2, -0.15) is 0 Å². The molecule has 1 amide bonds. The highest BCUT2D eigenvalue weighted by molar-refractivity contribution is 6.46. The molecular weight excluding hydrogens is 373 g/mol. The van der Waals surface area contributed by atoms with E-state index in [4.69, 9.17) is 0 Å². The van der Waals surface area contributed by atoms with Gasteiger partial charge in [-0.1, -0.05) is 0 Å². The average Bonchev–Trinajstić information content (AvgIpc) is 3.34. The van der Waals surface area contributed by atoms with Crippen LogP contribution in [0, 0.1) is 5.82 Å². The number of likely N-dealkylation sites (tertiary alicyclic amines) is 2. The zero-order valence-electron chi connectivity index (χ0n) is 15.9. The number of benzene rings is 1. The van der Waals surface area contributed by atoms with Crippen molar-refractivity contribution in [2.24, 2.45) is 0 Å². The lowest BCUT2D eigenvalue weighted by atomic mass is 9.96. The van der Waals surface area contributed by atoms with Crippen LogP contribution in [0.1, 0.15) is 30.0 Å². The molecule has 29 heavy (non-hydrogen) atoms. The highest BCUT2D eigenvalue weighted by Gasteiger charge is 2.46. The predicted molar refractivity (Wildman–Crippen MR) is 105 cm³/mol. The van der Waals surface area contributed by atoms with E-state index in [0.717, 1.165) is 25.9 Å². The summed E-state index contributed by atoms with van der Waals surface area (Å²) in [6, 6.07) is 7.97. The van der Waals surface area contributed by atoms with Gasteiger partial charge in [-0.05, 0) is 67.9 Å². The van der Waals surface area contributed by atoms with Crippen LogP contribution in [0.15, 0.2) is 54.4 Å². The number of aromatic nitrogens is 1. The first-order chi connectivity index (χ1) is 14.1. The van der Waals surface area contributed by atoms with Crippen molar-refractivity contribution in [2.75, 3.05) is 26.2 Å². The van der Waals surface area contributed by atoms with E-state index >= 15 is 0 Å². The summed E-state index contributed by atoms with van der Waals surface area (Å²) < 4.78 is 13.3. The van der Waals surface area contributed by atoms with Gasteiger partial charge in [0.2, 0.25) is 0 Å². The Kier molecular flexibility index (Phi) is 5.40. The van der Waals surface area contributed by atoms with Gasteiger partial charge in [-0.15, -0.1) is 0 Å². The second kappa shape index (κ2) is 8.13. The molecule has 4 rings (SSSR count). The summed E-state index contributed by atoms with van der Waals surface area (Å²) in [5.41, 5.74) is 1.02. The molecule has 2 fully saturated rings. The number of carbonyl (C=O) groups excluding carboxylic acids is 2. The van der Waals surface area contributed by atoms with Gasteiger partial charge in [-0.25, -0.2) is 4.39 Å². The maximum absolute atomic E-state index is 13.3. The molecule has 0 aliphatic carbocycles. The molecule has 1 aromatic heterocycles. The van der Waals surface area contributed by atoms with Crippen molar-refractivity contribution in [1.29, 1.82) is 0 Å². The van der Waals surface area contributed by atoms with Crippen molar-refractivity contribution in [1.82, 2.24) is 14.8 Å². The second-order valence-corrected chi connectivity index (χ2v) is 7.33. The Morgan fingerprint density at radius 1 is 1.03 bits per heavy atom. The third-order valence-corrected chi connectivity index (χ3v) is 5.54. The molecule has 150 valence electrons. The molecule has 2 aliphatic rings. The summed E-state index contributed by atoms with van der Waals surface area (Å²) in [7, 11) is 0. The number of hydrogen-bond acceptors (Lipinski definition) is 5. The summed E-state index contributed by atoms with van der Waals surface area (Å²) >= 11 is 0. The Balaban J connectivity index is 1.74. The molecule has 6 nitrogen and oxygen atoms in total. The van der Waals surface area contributed by atoms with E-state index in [0.29, 0.717) is 24.2 Å². The van der Waals surface area contributed by atoms with E-state index in [1.54, 1.807) is 24.5 Å². The number of carbonyl (C=O) groups is 2. The topological polar surface area (TPSA) is 73.7 Å². The van der Waals surface area contributed by atoms with Crippen molar-refractivity contribution in [2.45, 2.75) is 18.9 Å². The molecular formula is C22H22FN3O3. The number of Topliss-reactive ketones (excluding diaryl/α,β-unsaturated/α-hetero) is 1. The maximum atomic E-state index is 13.3. The van der Waals surface area contributed by atoms with Gasteiger partial charge in [0.1, 0.15) is 11.6 Å².